The highest BCUT2D eigenvalue weighted by Crippen LogP contribution is 2.24. The molecule has 0 atom stereocenters. The molecule has 0 radical (unpaired) electrons. The van der Waals surface area contributed by atoms with Gasteiger partial charge in [0.05, 0.1) is 23.4 Å². The maximum absolute atomic E-state index is 12.9. The Hall–Kier alpha value is -3.06. The standard InChI is InChI=1S/C21H22N2O4S/c1-16-9-11-20(12-10-16)28(25,26)23(3)18-7-4-6-17(14-18)21(24)22(2)15-19-8-5-13-27-19/h4-14H,15H2,1-3H3. The minimum absolute atomic E-state index is 0.201. The van der Waals surface area contributed by atoms with Gasteiger partial charge in [-0.25, -0.2) is 8.42 Å². The number of nitrogens with zero attached hydrogens (tertiary/aromatic N) is 2. The molecule has 1 heterocycles. The van der Waals surface area contributed by atoms with Gasteiger partial charge in [-0.2, -0.15) is 0 Å². The first-order chi connectivity index (χ1) is 13.3. The Balaban J connectivity index is 1.83. The molecule has 0 N–H and O–H groups in total. The Morgan fingerprint density at radius 2 is 1.71 bits per heavy atom. The molecule has 0 bridgehead atoms. The van der Waals surface area contributed by atoms with Crippen LogP contribution in [0.5, 0.6) is 0 Å². The van der Waals surface area contributed by atoms with Gasteiger partial charge in [-0.15, -0.1) is 0 Å². The van der Waals surface area contributed by atoms with Crippen LogP contribution in [0.15, 0.2) is 76.2 Å². The Morgan fingerprint density at radius 3 is 2.36 bits per heavy atom. The fourth-order valence-corrected chi connectivity index (χ4v) is 3.96. The topological polar surface area (TPSA) is 70.8 Å². The molecule has 1 aromatic heterocycles. The average Bonchev–Trinajstić information content (AvgIpc) is 3.20. The zero-order valence-electron chi connectivity index (χ0n) is 16.0. The summed E-state index contributed by atoms with van der Waals surface area (Å²) in [5.41, 5.74) is 1.80. The monoisotopic (exact) mass is 398 g/mol. The molecule has 0 aliphatic heterocycles. The molecule has 146 valence electrons. The summed E-state index contributed by atoms with van der Waals surface area (Å²) in [5.74, 6) is 0.449. The number of benzene rings is 2. The zero-order valence-corrected chi connectivity index (χ0v) is 16.8. The lowest BCUT2D eigenvalue weighted by molar-refractivity contribution is 0.0775. The molecule has 0 fully saturated rings. The first-order valence-corrected chi connectivity index (χ1v) is 10.2. The summed E-state index contributed by atoms with van der Waals surface area (Å²) in [4.78, 5) is 14.4. The second-order valence-corrected chi connectivity index (χ2v) is 8.55. The lowest BCUT2D eigenvalue weighted by Gasteiger charge is -2.21. The van der Waals surface area contributed by atoms with E-state index < -0.39 is 10.0 Å². The predicted octanol–water partition coefficient (Wildman–Crippen LogP) is 3.69. The van der Waals surface area contributed by atoms with Crippen molar-refractivity contribution >= 4 is 21.6 Å². The maximum atomic E-state index is 12.9. The number of sulfonamides is 1. The summed E-state index contributed by atoms with van der Waals surface area (Å²) in [6, 6.07) is 16.8. The largest absolute Gasteiger partial charge is 0.467 e. The quantitative estimate of drug-likeness (QED) is 0.635. The van der Waals surface area contributed by atoms with Crippen LogP contribution >= 0.6 is 0 Å². The van der Waals surface area contributed by atoms with Crippen LogP contribution in [0.3, 0.4) is 0 Å². The highest BCUT2D eigenvalue weighted by Gasteiger charge is 2.22. The smallest absolute Gasteiger partial charge is 0.264 e. The number of carbonyl (C=O) groups excluding carboxylic acids is 1. The predicted molar refractivity (Wildman–Crippen MR) is 108 cm³/mol. The number of amides is 1. The number of hydrogen-bond donors (Lipinski definition) is 0. The lowest BCUT2D eigenvalue weighted by atomic mass is 10.1. The molecule has 0 saturated carbocycles. The minimum Gasteiger partial charge on any atom is -0.467 e. The van der Waals surface area contributed by atoms with Gasteiger partial charge in [0.2, 0.25) is 0 Å². The zero-order chi connectivity index (χ0) is 20.3. The van der Waals surface area contributed by atoms with Crippen molar-refractivity contribution in [1.29, 1.82) is 0 Å². The molecule has 6 nitrogen and oxygen atoms in total. The van der Waals surface area contributed by atoms with E-state index in [0.29, 0.717) is 23.6 Å². The first kappa shape index (κ1) is 19.7. The molecule has 3 aromatic rings. The fourth-order valence-electron chi connectivity index (χ4n) is 2.77. The van der Waals surface area contributed by atoms with Gasteiger partial charge in [0.15, 0.2) is 0 Å². The van der Waals surface area contributed by atoms with Crippen LogP contribution in [0.4, 0.5) is 5.69 Å². The van der Waals surface area contributed by atoms with Crippen molar-refractivity contribution in [3.05, 3.63) is 83.8 Å². The average molecular weight is 398 g/mol. The molecule has 2 aromatic carbocycles. The van der Waals surface area contributed by atoms with Gasteiger partial charge in [0, 0.05) is 19.7 Å². The summed E-state index contributed by atoms with van der Waals surface area (Å²) in [6.07, 6.45) is 1.55. The van der Waals surface area contributed by atoms with E-state index in [0.717, 1.165) is 5.56 Å². The lowest BCUT2D eigenvalue weighted by Crippen LogP contribution is -2.28. The molecule has 0 aliphatic rings. The first-order valence-electron chi connectivity index (χ1n) is 8.72. The third-order valence-electron chi connectivity index (χ3n) is 4.46. The molecule has 0 aliphatic carbocycles. The normalized spacial score (nSPS) is 11.2. The van der Waals surface area contributed by atoms with E-state index in [-0.39, 0.29) is 10.8 Å². The number of aryl methyl sites for hydroxylation is 1. The molecular weight excluding hydrogens is 376 g/mol. The van der Waals surface area contributed by atoms with Gasteiger partial charge in [0.25, 0.3) is 15.9 Å². The number of hydrogen-bond acceptors (Lipinski definition) is 4. The van der Waals surface area contributed by atoms with Gasteiger partial charge < -0.3 is 9.32 Å². The van der Waals surface area contributed by atoms with Crippen LogP contribution in [0.1, 0.15) is 21.7 Å². The Morgan fingerprint density at radius 1 is 1.00 bits per heavy atom. The third-order valence-corrected chi connectivity index (χ3v) is 6.26. The second kappa shape index (κ2) is 7.90. The van der Waals surface area contributed by atoms with Crippen molar-refractivity contribution in [3.63, 3.8) is 0 Å². The third kappa shape index (κ3) is 4.09. The SMILES string of the molecule is Cc1ccc(S(=O)(=O)N(C)c2cccc(C(=O)N(C)Cc3ccco3)c2)cc1. The highest BCUT2D eigenvalue weighted by atomic mass is 32.2. The molecular formula is C21H22N2O4S. The van der Waals surface area contributed by atoms with E-state index in [4.69, 9.17) is 4.42 Å². The van der Waals surface area contributed by atoms with E-state index in [9.17, 15) is 13.2 Å². The maximum Gasteiger partial charge on any atom is 0.264 e. The molecule has 3 rings (SSSR count). The van der Waals surface area contributed by atoms with Gasteiger partial charge in [-0.1, -0.05) is 23.8 Å². The molecule has 7 heteroatoms. The second-order valence-electron chi connectivity index (χ2n) is 6.58. The van der Waals surface area contributed by atoms with Crippen molar-refractivity contribution in [2.75, 3.05) is 18.4 Å². The molecule has 0 saturated heterocycles. The van der Waals surface area contributed by atoms with Crippen molar-refractivity contribution in [2.45, 2.75) is 18.4 Å². The molecule has 28 heavy (non-hydrogen) atoms. The number of carbonyl (C=O) groups is 1. The summed E-state index contributed by atoms with van der Waals surface area (Å²) >= 11 is 0. The number of anilines is 1. The molecule has 0 spiro atoms. The van der Waals surface area contributed by atoms with Crippen LogP contribution in [0.25, 0.3) is 0 Å². The van der Waals surface area contributed by atoms with Crippen LogP contribution in [0, 0.1) is 6.92 Å². The van der Waals surface area contributed by atoms with Gasteiger partial charge in [0.1, 0.15) is 5.76 Å². The Kier molecular flexibility index (Phi) is 5.56. The highest BCUT2D eigenvalue weighted by molar-refractivity contribution is 7.92. The van der Waals surface area contributed by atoms with E-state index in [2.05, 4.69) is 0 Å². The fraction of sp³-hybridized carbons (Fsp3) is 0.190. The molecule has 0 unspecified atom stereocenters. The van der Waals surface area contributed by atoms with Gasteiger partial charge >= 0.3 is 0 Å². The number of rotatable bonds is 6. The van der Waals surface area contributed by atoms with Gasteiger partial charge in [-0.3, -0.25) is 9.10 Å². The van der Waals surface area contributed by atoms with Crippen LogP contribution in [-0.4, -0.2) is 33.3 Å². The summed E-state index contributed by atoms with van der Waals surface area (Å²) in [5, 5.41) is 0. The summed E-state index contributed by atoms with van der Waals surface area (Å²) < 4.78 is 32.2. The van der Waals surface area contributed by atoms with Crippen LogP contribution in [0.2, 0.25) is 0 Å². The van der Waals surface area contributed by atoms with Crippen LogP contribution < -0.4 is 4.31 Å². The van der Waals surface area contributed by atoms with Crippen molar-refractivity contribution in [1.82, 2.24) is 4.90 Å². The summed E-state index contributed by atoms with van der Waals surface area (Å²) in [7, 11) is -0.571. The molecule has 1 amide bonds. The van der Waals surface area contributed by atoms with Crippen molar-refractivity contribution in [3.8, 4) is 0 Å². The van der Waals surface area contributed by atoms with Crippen molar-refractivity contribution < 1.29 is 17.6 Å². The van der Waals surface area contributed by atoms with E-state index >= 15 is 0 Å². The Bertz CT molecular complexity index is 1060. The van der Waals surface area contributed by atoms with Crippen molar-refractivity contribution in [2.24, 2.45) is 0 Å². The van der Waals surface area contributed by atoms with E-state index in [1.54, 1.807) is 74.0 Å². The summed E-state index contributed by atoms with van der Waals surface area (Å²) in [6.45, 7) is 2.22. The van der Waals surface area contributed by atoms with Crippen LogP contribution in [-0.2, 0) is 16.6 Å². The van der Waals surface area contributed by atoms with Gasteiger partial charge in [-0.05, 0) is 49.4 Å². The number of furan rings is 1. The van der Waals surface area contributed by atoms with E-state index in [1.807, 2.05) is 6.92 Å². The minimum atomic E-state index is -3.72. The Labute approximate surface area is 165 Å². The van der Waals surface area contributed by atoms with E-state index in [1.165, 1.54) is 16.3 Å².